The number of para-hydroxylation sites is 1. The molecule has 0 aliphatic carbocycles. The van der Waals surface area contributed by atoms with E-state index in [4.69, 9.17) is 0 Å². The molecule has 1 aliphatic rings. The lowest BCUT2D eigenvalue weighted by atomic mass is 9.97. The number of nitrogens with one attached hydrogen (secondary N) is 1. The van der Waals surface area contributed by atoms with Gasteiger partial charge in [0.05, 0.1) is 5.56 Å². The fraction of sp³-hybridized carbons (Fsp3) is 0.0385. The molecule has 4 aromatic rings. The van der Waals surface area contributed by atoms with Crippen molar-refractivity contribution in [3.8, 4) is 11.1 Å². The third-order valence-corrected chi connectivity index (χ3v) is 5.28. The second kappa shape index (κ2) is 7.28. The molecule has 1 heterocycles. The Balaban J connectivity index is 1.63. The van der Waals surface area contributed by atoms with Crippen molar-refractivity contribution in [2.24, 2.45) is 0 Å². The van der Waals surface area contributed by atoms with E-state index in [-0.39, 0.29) is 12.1 Å². The molecular weight excluding hydrogens is 356 g/mol. The first-order valence-electron chi connectivity index (χ1n) is 9.71. The van der Waals surface area contributed by atoms with Crippen molar-refractivity contribution in [1.29, 1.82) is 0 Å². The van der Waals surface area contributed by atoms with Gasteiger partial charge in [-0.05, 0) is 41.0 Å². The molecule has 140 valence electrons. The van der Waals surface area contributed by atoms with Gasteiger partial charge in [-0.2, -0.15) is 0 Å². The summed E-state index contributed by atoms with van der Waals surface area (Å²) in [6, 6.07) is 36.1. The van der Waals surface area contributed by atoms with Crippen LogP contribution in [0.4, 0.5) is 11.4 Å². The van der Waals surface area contributed by atoms with Crippen LogP contribution in [0.15, 0.2) is 109 Å². The summed E-state index contributed by atoms with van der Waals surface area (Å²) in [6.07, 6.45) is -0.263. The number of rotatable bonds is 3. The summed E-state index contributed by atoms with van der Waals surface area (Å²) >= 11 is 0. The summed E-state index contributed by atoms with van der Waals surface area (Å²) in [7, 11) is 0. The quantitative estimate of drug-likeness (QED) is 0.467. The smallest absolute Gasteiger partial charge is 0.262 e. The van der Waals surface area contributed by atoms with Crippen LogP contribution in [0.5, 0.6) is 0 Å². The third-order valence-electron chi connectivity index (χ3n) is 5.28. The highest BCUT2D eigenvalue weighted by Crippen LogP contribution is 2.38. The normalized spacial score (nSPS) is 15.5. The predicted molar refractivity (Wildman–Crippen MR) is 118 cm³/mol. The summed E-state index contributed by atoms with van der Waals surface area (Å²) in [5.41, 5.74) is 5.58. The maximum atomic E-state index is 13.7. The summed E-state index contributed by atoms with van der Waals surface area (Å²) < 4.78 is 0. The maximum absolute atomic E-state index is 13.7. The van der Waals surface area contributed by atoms with Crippen LogP contribution in [0.2, 0.25) is 0 Å². The van der Waals surface area contributed by atoms with Crippen molar-refractivity contribution in [3.63, 3.8) is 0 Å². The Morgan fingerprint density at radius 1 is 0.655 bits per heavy atom. The molecule has 29 heavy (non-hydrogen) atoms. The Morgan fingerprint density at radius 3 is 1.97 bits per heavy atom. The van der Waals surface area contributed by atoms with E-state index in [1.54, 1.807) is 0 Å². The van der Waals surface area contributed by atoms with E-state index in [1.807, 2.05) is 95.9 Å². The second-order valence-corrected chi connectivity index (χ2v) is 7.09. The SMILES string of the molecule is O=C1c2cc(-c3ccccc3)ccc2NC(c2ccccc2)N1c1ccccc1. The highest BCUT2D eigenvalue weighted by atomic mass is 16.2. The molecular formula is C26H20N2O. The van der Waals surface area contributed by atoms with Gasteiger partial charge in [0.15, 0.2) is 0 Å². The molecule has 1 atom stereocenters. The number of hydrogen-bond donors (Lipinski definition) is 1. The van der Waals surface area contributed by atoms with Crippen molar-refractivity contribution in [1.82, 2.24) is 0 Å². The van der Waals surface area contributed by atoms with Crippen LogP contribution in [0.25, 0.3) is 11.1 Å². The van der Waals surface area contributed by atoms with Gasteiger partial charge in [-0.15, -0.1) is 0 Å². The van der Waals surface area contributed by atoms with Gasteiger partial charge < -0.3 is 5.32 Å². The molecule has 0 bridgehead atoms. The Labute approximate surface area is 170 Å². The molecule has 0 aromatic heterocycles. The standard InChI is InChI=1S/C26H20N2O/c29-26-23-18-21(19-10-4-1-5-11-19)16-17-24(23)27-25(20-12-6-2-7-13-20)28(26)22-14-8-3-9-15-22/h1-18,25,27H. The van der Waals surface area contributed by atoms with Gasteiger partial charge >= 0.3 is 0 Å². The summed E-state index contributed by atoms with van der Waals surface area (Å²) in [6.45, 7) is 0. The van der Waals surface area contributed by atoms with Crippen molar-refractivity contribution in [2.75, 3.05) is 10.2 Å². The Kier molecular flexibility index (Phi) is 4.34. The molecule has 1 N–H and O–H groups in total. The van der Waals surface area contributed by atoms with Crippen LogP contribution in [-0.4, -0.2) is 5.91 Å². The molecule has 0 fully saturated rings. The predicted octanol–water partition coefficient (Wildman–Crippen LogP) is 6.12. The second-order valence-electron chi connectivity index (χ2n) is 7.09. The van der Waals surface area contributed by atoms with Crippen LogP contribution in [0.1, 0.15) is 22.1 Å². The fourth-order valence-corrected chi connectivity index (χ4v) is 3.84. The van der Waals surface area contributed by atoms with Gasteiger partial charge in [0.25, 0.3) is 5.91 Å². The van der Waals surface area contributed by atoms with E-state index in [0.717, 1.165) is 28.1 Å². The summed E-state index contributed by atoms with van der Waals surface area (Å²) in [4.78, 5) is 15.5. The average molecular weight is 376 g/mol. The Bertz CT molecular complexity index is 1140. The van der Waals surface area contributed by atoms with E-state index < -0.39 is 0 Å². The zero-order valence-electron chi connectivity index (χ0n) is 15.8. The zero-order valence-corrected chi connectivity index (χ0v) is 15.8. The Morgan fingerprint density at radius 2 is 1.28 bits per heavy atom. The first-order valence-corrected chi connectivity index (χ1v) is 9.71. The van der Waals surface area contributed by atoms with Gasteiger partial charge in [0.1, 0.15) is 6.17 Å². The van der Waals surface area contributed by atoms with Crippen molar-refractivity contribution in [2.45, 2.75) is 6.17 Å². The number of anilines is 2. The number of nitrogens with zero attached hydrogens (tertiary/aromatic N) is 1. The number of amides is 1. The molecule has 3 heteroatoms. The van der Waals surface area contributed by atoms with Crippen LogP contribution >= 0.6 is 0 Å². The lowest BCUT2D eigenvalue weighted by Crippen LogP contribution is -2.43. The third kappa shape index (κ3) is 3.17. The molecule has 1 amide bonds. The number of benzene rings is 4. The van der Waals surface area contributed by atoms with Crippen LogP contribution < -0.4 is 10.2 Å². The average Bonchev–Trinajstić information content (AvgIpc) is 2.80. The number of carbonyl (C=O) groups excluding carboxylic acids is 1. The first-order chi connectivity index (χ1) is 14.3. The minimum Gasteiger partial charge on any atom is -0.360 e. The van der Waals surface area contributed by atoms with E-state index in [1.165, 1.54) is 0 Å². The first kappa shape index (κ1) is 17.3. The van der Waals surface area contributed by atoms with Crippen LogP contribution in [-0.2, 0) is 0 Å². The molecule has 1 aliphatic heterocycles. The maximum Gasteiger partial charge on any atom is 0.262 e. The summed E-state index contributed by atoms with van der Waals surface area (Å²) in [5.74, 6) is -0.00316. The molecule has 3 nitrogen and oxygen atoms in total. The molecule has 5 rings (SSSR count). The van der Waals surface area contributed by atoms with Crippen molar-refractivity contribution in [3.05, 3.63) is 120 Å². The zero-order chi connectivity index (χ0) is 19.6. The molecule has 1 unspecified atom stereocenters. The number of hydrogen-bond acceptors (Lipinski definition) is 2. The molecule has 0 saturated heterocycles. The molecule has 4 aromatic carbocycles. The monoisotopic (exact) mass is 376 g/mol. The highest BCUT2D eigenvalue weighted by molar-refractivity contribution is 6.12. The number of fused-ring (bicyclic) bond motifs is 1. The highest BCUT2D eigenvalue weighted by Gasteiger charge is 2.34. The van der Waals surface area contributed by atoms with E-state index >= 15 is 0 Å². The van der Waals surface area contributed by atoms with E-state index in [2.05, 4.69) is 23.5 Å². The van der Waals surface area contributed by atoms with Gasteiger partial charge in [0, 0.05) is 11.4 Å². The van der Waals surface area contributed by atoms with E-state index in [0.29, 0.717) is 5.56 Å². The minimum absolute atomic E-state index is 0.00316. The molecule has 0 saturated carbocycles. The van der Waals surface area contributed by atoms with Crippen molar-refractivity contribution < 1.29 is 4.79 Å². The van der Waals surface area contributed by atoms with Gasteiger partial charge in [0.2, 0.25) is 0 Å². The summed E-state index contributed by atoms with van der Waals surface area (Å²) in [5, 5.41) is 3.58. The molecule has 0 radical (unpaired) electrons. The lowest BCUT2D eigenvalue weighted by molar-refractivity contribution is 0.0975. The Hall–Kier alpha value is -3.85. The van der Waals surface area contributed by atoms with Gasteiger partial charge in [-0.3, -0.25) is 9.69 Å². The lowest BCUT2D eigenvalue weighted by Gasteiger charge is -2.38. The van der Waals surface area contributed by atoms with Crippen molar-refractivity contribution >= 4 is 17.3 Å². The topological polar surface area (TPSA) is 32.3 Å². The van der Waals surface area contributed by atoms with E-state index in [9.17, 15) is 4.79 Å². The largest absolute Gasteiger partial charge is 0.360 e. The minimum atomic E-state index is -0.263. The molecule has 0 spiro atoms. The fourth-order valence-electron chi connectivity index (χ4n) is 3.84. The van der Waals surface area contributed by atoms with Gasteiger partial charge in [-0.25, -0.2) is 0 Å². The van der Waals surface area contributed by atoms with Gasteiger partial charge in [-0.1, -0.05) is 84.9 Å². The van der Waals surface area contributed by atoms with Crippen LogP contribution in [0, 0.1) is 0 Å². The number of carbonyl (C=O) groups is 1. The van der Waals surface area contributed by atoms with Crippen LogP contribution in [0.3, 0.4) is 0 Å².